The zero-order chi connectivity index (χ0) is 14.3. The molecule has 0 saturated heterocycles. The Hall–Kier alpha value is -1.00. The maximum atomic E-state index is 12.0. The maximum Gasteiger partial charge on any atom is 0.224 e. The molecule has 1 aromatic carbocycles. The highest BCUT2D eigenvalue weighted by atomic mass is 32.1. The molecule has 1 unspecified atom stereocenters. The van der Waals surface area contributed by atoms with Crippen molar-refractivity contribution < 1.29 is 4.79 Å². The number of nitrogens with two attached hydrogens (primary N) is 1. The van der Waals surface area contributed by atoms with E-state index in [-0.39, 0.29) is 17.9 Å². The number of carbonyl (C=O) groups is 1. The molecule has 0 fully saturated rings. The maximum absolute atomic E-state index is 12.0. The molecule has 1 rings (SSSR count). The van der Waals surface area contributed by atoms with Gasteiger partial charge >= 0.3 is 0 Å². The van der Waals surface area contributed by atoms with E-state index in [2.05, 4.69) is 17.9 Å². The number of benzene rings is 1. The number of hydrogen-bond donors (Lipinski definition) is 3. The van der Waals surface area contributed by atoms with Crippen LogP contribution < -0.4 is 11.1 Å². The van der Waals surface area contributed by atoms with Crippen molar-refractivity contribution in [3.63, 3.8) is 0 Å². The summed E-state index contributed by atoms with van der Waals surface area (Å²) in [7, 11) is 0. The molecule has 19 heavy (non-hydrogen) atoms. The summed E-state index contributed by atoms with van der Waals surface area (Å²) >= 11 is 4.23. The Bertz CT molecular complexity index is 381. The molecule has 0 bridgehead atoms. The molecule has 2 atom stereocenters. The number of thiol groups is 1. The van der Waals surface area contributed by atoms with Crippen LogP contribution in [0.25, 0.3) is 0 Å². The Morgan fingerprint density at radius 1 is 1.32 bits per heavy atom. The summed E-state index contributed by atoms with van der Waals surface area (Å²) in [6, 6.07) is 10.0. The topological polar surface area (TPSA) is 55.1 Å². The predicted octanol–water partition coefficient (Wildman–Crippen LogP) is 1.87. The minimum Gasteiger partial charge on any atom is -0.354 e. The lowest BCUT2D eigenvalue weighted by Crippen LogP contribution is -2.42. The van der Waals surface area contributed by atoms with Gasteiger partial charge in [0.15, 0.2) is 0 Å². The fourth-order valence-corrected chi connectivity index (χ4v) is 2.54. The molecule has 0 radical (unpaired) electrons. The van der Waals surface area contributed by atoms with E-state index in [1.807, 2.05) is 44.2 Å². The molecule has 3 N–H and O–H groups in total. The van der Waals surface area contributed by atoms with Gasteiger partial charge in [-0.25, -0.2) is 0 Å². The van der Waals surface area contributed by atoms with Crippen LogP contribution in [0.4, 0.5) is 0 Å². The van der Waals surface area contributed by atoms with Gasteiger partial charge in [-0.3, -0.25) is 4.79 Å². The molecule has 0 aliphatic rings. The largest absolute Gasteiger partial charge is 0.354 e. The third-order valence-corrected chi connectivity index (χ3v) is 3.61. The molecular formula is C15H24N2OS. The molecule has 0 aliphatic carbocycles. The molecule has 106 valence electrons. The Kier molecular flexibility index (Phi) is 6.95. The third kappa shape index (κ3) is 5.66. The summed E-state index contributed by atoms with van der Waals surface area (Å²) in [5, 5.41) is 2.92. The second-order valence-electron chi connectivity index (χ2n) is 5.23. The Balaban J connectivity index is 2.37. The summed E-state index contributed by atoms with van der Waals surface area (Å²) in [5.74, 6) is 0.862. The summed E-state index contributed by atoms with van der Waals surface area (Å²) in [5.41, 5.74) is 7.23. The van der Waals surface area contributed by atoms with Crippen molar-refractivity contribution in [2.45, 2.75) is 26.3 Å². The quantitative estimate of drug-likeness (QED) is 0.668. The smallest absolute Gasteiger partial charge is 0.224 e. The predicted molar refractivity (Wildman–Crippen MR) is 83.3 cm³/mol. The Morgan fingerprint density at radius 2 is 1.95 bits per heavy atom. The van der Waals surface area contributed by atoms with E-state index in [1.54, 1.807) is 0 Å². The zero-order valence-corrected chi connectivity index (χ0v) is 12.6. The summed E-state index contributed by atoms with van der Waals surface area (Å²) in [6.07, 6.45) is 0.772. The number of amides is 1. The Morgan fingerprint density at radius 3 is 2.47 bits per heavy atom. The first kappa shape index (κ1) is 16.1. The van der Waals surface area contributed by atoms with Crippen LogP contribution in [0.2, 0.25) is 0 Å². The van der Waals surface area contributed by atoms with Crippen molar-refractivity contribution in [2.24, 2.45) is 17.6 Å². The van der Waals surface area contributed by atoms with E-state index in [1.165, 1.54) is 5.56 Å². The number of rotatable bonds is 7. The van der Waals surface area contributed by atoms with Gasteiger partial charge in [0.1, 0.15) is 0 Å². The third-order valence-electron chi connectivity index (χ3n) is 3.22. The summed E-state index contributed by atoms with van der Waals surface area (Å²) in [6.45, 7) is 4.57. The lowest BCUT2D eigenvalue weighted by atomic mass is 9.97. The van der Waals surface area contributed by atoms with E-state index in [0.717, 1.165) is 6.42 Å². The number of hydrogen-bond acceptors (Lipinski definition) is 3. The zero-order valence-electron chi connectivity index (χ0n) is 11.7. The summed E-state index contributed by atoms with van der Waals surface area (Å²) in [4.78, 5) is 12.0. The van der Waals surface area contributed by atoms with Crippen molar-refractivity contribution >= 4 is 18.5 Å². The average Bonchev–Trinajstić information content (AvgIpc) is 2.38. The molecule has 0 aliphatic heterocycles. The van der Waals surface area contributed by atoms with Crippen molar-refractivity contribution in [2.75, 3.05) is 12.3 Å². The van der Waals surface area contributed by atoms with Gasteiger partial charge in [0, 0.05) is 24.3 Å². The molecule has 0 spiro atoms. The number of nitrogens with one attached hydrogen (secondary N) is 1. The van der Waals surface area contributed by atoms with Gasteiger partial charge in [-0.1, -0.05) is 44.2 Å². The van der Waals surface area contributed by atoms with Gasteiger partial charge in [-0.15, -0.1) is 0 Å². The standard InChI is InChI=1S/C15H24N2OS/c1-11(2)14(10-19)15(18)17-9-13(16)8-12-6-4-3-5-7-12/h3-7,11,13-14,19H,8-10,16H2,1-2H3,(H,17,18)/t13-,14?/m0/s1. The SMILES string of the molecule is CC(C)C(CS)C(=O)NC[C@@H](N)Cc1ccccc1. The average molecular weight is 280 g/mol. The van der Waals surface area contributed by atoms with Crippen molar-refractivity contribution in [3.05, 3.63) is 35.9 Å². The fourth-order valence-electron chi connectivity index (χ4n) is 1.95. The first-order chi connectivity index (χ1) is 9.04. The van der Waals surface area contributed by atoms with Gasteiger partial charge in [-0.05, 0) is 17.9 Å². The molecule has 0 heterocycles. The van der Waals surface area contributed by atoms with Gasteiger partial charge in [0.25, 0.3) is 0 Å². The van der Waals surface area contributed by atoms with Crippen LogP contribution in [0.15, 0.2) is 30.3 Å². The van der Waals surface area contributed by atoms with Crippen LogP contribution in [0.5, 0.6) is 0 Å². The first-order valence-corrected chi connectivity index (χ1v) is 7.36. The second-order valence-corrected chi connectivity index (χ2v) is 5.59. The number of carbonyl (C=O) groups excluding carboxylic acids is 1. The van der Waals surface area contributed by atoms with E-state index in [4.69, 9.17) is 5.73 Å². The van der Waals surface area contributed by atoms with Crippen molar-refractivity contribution in [3.8, 4) is 0 Å². The molecule has 3 nitrogen and oxygen atoms in total. The molecular weight excluding hydrogens is 256 g/mol. The molecule has 0 aromatic heterocycles. The van der Waals surface area contributed by atoms with Crippen LogP contribution in [0.3, 0.4) is 0 Å². The van der Waals surface area contributed by atoms with E-state index in [9.17, 15) is 4.79 Å². The van der Waals surface area contributed by atoms with Crippen molar-refractivity contribution in [1.82, 2.24) is 5.32 Å². The monoisotopic (exact) mass is 280 g/mol. The Labute approximate surface area is 121 Å². The lowest BCUT2D eigenvalue weighted by molar-refractivity contribution is -0.125. The van der Waals surface area contributed by atoms with E-state index < -0.39 is 0 Å². The summed E-state index contributed by atoms with van der Waals surface area (Å²) < 4.78 is 0. The molecule has 1 amide bonds. The van der Waals surface area contributed by atoms with Crippen LogP contribution >= 0.6 is 12.6 Å². The minimum atomic E-state index is -0.0564. The minimum absolute atomic E-state index is 0.0488. The first-order valence-electron chi connectivity index (χ1n) is 6.72. The van der Waals surface area contributed by atoms with Crippen LogP contribution in [-0.4, -0.2) is 24.2 Å². The molecule has 4 heteroatoms. The molecule has 1 aromatic rings. The van der Waals surface area contributed by atoms with Gasteiger partial charge in [-0.2, -0.15) is 12.6 Å². The van der Waals surface area contributed by atoms with E-state index in [0.29, 0.717) is 18.2 Å². The van der Waals surface area contributed by atoms with Crippen LogP contribution in [0.1, 0.15) is 19.4 Å². The normalized spacial score (nSPS) is 14.2. The van der Waals surface area contributed by atoms with Crippen LogP contribution in [0, 0.1) is 11.8 Å². The lowest BCUT2D eigenvalue weighted by Gasteiger charge is -2.20. The van der Waals surface area contributed by atoms with Gasteiger partial charge in [0.05, 0.1) is 0 Å². The van der Waals surface area contributed by atoms with Crippen LogP contribution in [-0.2, 0) is 11.2 Å². The van der Waals surface area contributed by atoms with Gasteiger partial charge in [0.2, 0.25) is 5.91 Å². The fraction of sp³-hybridized carbons (Fsp3) is 0.533. The van der Waals surface area contributed by atoms with Crippen molar-refractivity contribution in [1.29, 1.82) is 0 Å². The second kappa shape index (κ2) is 8.23. The highest BCUT2D eigenvalue weighted by Crippen LogP contribution is 2.12. The highest BCUT2D eigenvalue weighted by molar-refractivity contribution is 7.80. The molecule has 0 saturated carbocycles. The van der Waals surface area contributed by atoms with E-state index >= 15 is 0 Å². The van der Waals surface area contributed by atoms with Gasteiger partial charge < -0.3 is 11.1 Å². The highest BCUT2D eigenvalue weighted by Gasteiger charge is 2.20.